The topological polar surface area (TPSA) is 68.2 Å². The van der Waals surface area contributed by atoms with Crippen molar-refractivity contribution < 1.29 is 9.53 Å². The van der Waals surface area contributed by atoms with Gasteiger partial charge in [-0.25, -0.2) is 9.78 Å². The molecule has 0 saturated heterocycles. The van der Waals surface area contributed by atoms with Crippen LogP contribution in [0.15, 0.2) is 18.3 Å². The number of hydrogen-bond donors (Lipinski definition) is 0. The summed E-state index contributed by atoms with van der Waals surface area (Å²) < 4.78 is 4.72. The van der Waals surface area contributed by atoms with Crippen LogP contribution in [0.3, 0.4) is 0 Å². The third-order valence-electron chi connectivity index (χ3n) is 2.87. The van der Waals surface area contributed by atoms with Gasteiger partial charge in [-0.2, -0.15) is 4.98 Å². The molecule has 2 heterocycles. The fraction of sp³-hybridized carbons (Fsp3) is 0.333. The van der Waals surface area contributed by atoms with Gasteiger partial charge in [-0.1, -0.05) is 0 Å². The zero-order valence-corrected chi connectivity index (χ0v) is 11.5. The molecule has 2 aromatic rings. The second-order valence-electron chi connectivity index (χ2n) is 4.00. The third kappa shape index (κ3) is 2.58. The zero-order chi connectivity index (χ0) is 14.0. The molecule has 0 N–H and O–H groups in total. The van der Waals surface area contributed by atoms with Crippen LogP contribution in [0, 0.1) is 0 Å². The highest BCUT2D eigenvalue weighted by atomic mass is 35.5. The molecule has 100 valence electrons. The normalized spacial score (nSPS) is 12.2. The number of rotatable bonds is 3. The number of ether oxygens (including phenoxy) is 1. The first-order valence-electron chi connectivity index (χ1n) is 5.63. The lowest BCUT2D eigenvalue weighted by atomic mass is 10.2. The molecule has 0 aliphatic heterocycles. The van der Waals surface area contributed by atoms with E-state index in [1.165, 1.54) is 7.11 Å². The number of hydrogen-bond acceptors (Lipinski definition) is 6. The van der Waals surface area contributed by atoms with Gasteiger partial charge in [0.25, 0.3) is 0 Å². The molecule has 0 bridgehead atoms. The van der Waals surface area contributed by atoms with Gasteiger partial charge in [0.2, 0.25) is 5.28 Å². The van der Waals surface area contributed by atoms with E-state index in [4.69, 9.17) is 16.3 Å². The summed E-state index contributed by atoms with van der Waals surface area (Å²) in [7, 11) is 3.07. The summed E-state index contributed by atoms with van der Waals surface area (Å²) in [5.41, 5.74) is 1.21. The van der Waals surface area contributed by atoms with Crippen LogP contribution in [0.2, 0.25) is 5.28 Å². The molecule has 6 nitrogen and oxygen atoms in total. The Morgan fingerprint density at radius 2 is 2.21 bits per heavy atom. The van der Waals surface area contributed by atoms with Crippen molar-refractivity contribution in [3.05, 3.63) is 23.6 Å². The van der Waals surface area contributed by atoms with Crippen LogP contribution in [-0.4, -0.2) is 41.1 Å². The number of esters is 1. The Morgan fingerprint density at radius 3 is 2.89 bits per heavy atom. The molecule has 0 radical (unpaired) electrons. The van der Waals surface area contributed by atoms with Gasteiger partial charge in [-0.05, 0) is 30.7 Å². The molecule has 0 amide bonds. The molecule has 1 atom stereocenters. The number of aromatic nitrogens is 3. The van der Waals surface area contributed by atoms with Crippen molar-refractivity contribution in [2.45, 2.75) is 13.0 Å². The SMILES string of the molecule is COC(=O)[C@H](C)N(C)c1nc(Cl)nc2cccnc12. The van der Waals surface area contributed by atoms with Crippen molar-refractivity contribution in [2.75, 3.05) is 19.1 Å². The van der Waals surface area contributed by atoms with E-state index in [1.807, 2.05) is 0 Å². The molecule has 0 aliphatic rings. The lowest BCUT2D eigenvalue weighted by Gasteiger charge is -2.24. The van der Waals surface area contributed by atoms with Crippen molar-refractivity contribution in [1.82, 2.24) is 15.0 Å². The standard InChI is InChI=1S/C12H13ClN4O2/c1-7(11(18)19-3)17(2)10-9-8(5-4-6-14-9)15-12(13)16-10/h4-7H,1-3H3/t7-/m0/s1. The first-order chi connectivity index (χ1) is 9.04. The van der Waals surface area contributed by atoms with Crippen molar-refractivity contribution in [3.8, 4) is 0 Å². The maximum Gasteiger partial charge on any atom is 0.328 e. The summed E-state index contributed by atoms with van der Waals surface area (Å²) in [5, 5.41) is 0.111. The Labute approximate surface area is 115 Å². The highest BCUT2D eigenvalue weighted by Gasteiger charge is 2.22. The summed E-state index contributed by atoms with van der Waals surface area (Å²) in [4.78, 5) is 25.7. The lowest BCUT2D eigenvalue weighted by Crippen LogP contribution is -2.37. The number of methoxy groups -OCH3 is 1. The number of nitrogens with zero attached hydrogens (tertiary/aromatic N) is 4. The van der Waals surface area contributed by atoms with Crippen LogP contribution in [0.25, 0.3) is 11.0 Å². The number of halogens is 1. The number of pyridine rings is 1. The van der Waals surface area contributed by atoms with Gasteiger partial charge in [0.05, 0.1) is 12.6 Å². The van der Waals surface area contributed by atoms with E-state index in [1.54, 1.807) is 37.2 Å². The summed E-state index contributed by atoms with van der Waals surface area (Å²) in [5.74, 6) is 0.134. The minimum atomic E-state index is -0.499. The first kappa shape index (κ1) is 13.5. The van der Waals surface area contributed by atoms with Crippen molar-refractivity contribution >= 4 is 34.4 Å². The van der Waals surface area contributed by atoms with Crippen LogP contribution < -0.4 is 4.90 Å². The Morgan fingerprint density at radius 1 is 1.47 bits per heavy atom. The number of fused-ring (bicyclic) bond motifs is 1. The second-order valence-corrected chi connectivity index (χ2v) is 4.34. The van der Waals surface area contributed by atoms with Gasteiger partial charge in [0, 0.05) is 13.2 Å². The largest absolute Gasteiger partial charge is 0.467 e. The van der Waals surface area contributed by atoms with Gasteiger partial charge >= 0.3 is 5.97 Å². The predicted octanol–water partition coefficient (Wildman–Crippen LogP) is 1.68. The van der Waals surface area contributed by atoms with Crippen molar-refractivity contribution in [2.24, 2.45) is 0 Å². The van der Waals surface area contributed by atoms with E-state index >= 15 is 0 Å². The molecular weight excluding hydrogens is 268 g/mol. The molecule has 2 rings (SSSR count). The van der Waals surface area contributed by atoms with Crippen LogP contribution >= 0.6 is 11.6 Å². The summed E-state index contributed by atoms with van der Waals surface area (Å²) >= 11 is 5.89. The molecular formula is C12H13ClN4O2. The summed E-state index contributed by atoms with van der Waals surface area (Å²) in [6, 6.07) is 3.05. The Hall–Kier alpha value is -1.95. The number of likely N-dealkylation sites (N-methyl/N-ethyl adjacent to an activating group) is 1. The molecule has 0 aromatic carbocycles. The molecule has 2 aromatic heterocycles. The molecule has 19 heavy (non-hydrogen) atoms. The van der Waals surface area contributed by atoms with E-state index < -0.39 is 6.04 Å². The van der Waals surface area contributed by atoms with Gasteiger partial charge in [0.1, 0.15) is 11.6 Å². The van der Waals surface area contributed by atoms with Gasteiger partial charge in [0.15, 0.2) is 5.82 Å². The molecule has 0 fully saturated rings. The van der Waals surface area contributed by atoms with Crippen LogP contribution in [-0.2, 0) is 9.53 Å². The lowest BCUT2D eigenvalue weighted by molar-refractivity contribution is -0.141. The maximum atomic E-state index is 11.6. The van der Waals surface area contributed by atoms with E-state index in [9.17, 15) is 4.79 Å². The fourth-order valence-corrected chi connectivity index (χ4v) is 1.85. The van der Waals surface area contributed by atoms with Gasteiger partial charge < -0.3 is 9.64 Å². The van der Waals surface area contributed by atoms with E-state index in [0.717, 1.165) is 0 Å². The third-order valence-corrected chi connectivity index (χ3v) is 3.04. The highest BCUT2D eigenvalue weighted by Crippen LogP contribution is 2.23. The zero-order valence-electron chi connectivity index (χ0n) is 10.8. The minimum absolute atomic E-state index is 0.111. The van der Waals surface area contributed by atoms with Crippen LogP contribution in [0.1, 0.15) is 6.92 Å². The minimum Gasteiger partial charge on any atom is -0.467 e. The average molecular weight is 281 g/mol. The van der Waals surface area contributed by atoms with E-state index in [2.05, 4.69) is 15.0 Å². The summed E-state index contributed by atoms with van der Waals surface area (Å²) in [6.45, 7) is 1.72. The molecule has 0 saturated carbocycles. The van der Waals surface area contributed by atoms with Crippen molar-refractivity contribution in [3.63, 3.8) is 0 Å². The maximum absolute atomic E-state index is 11.6. The fourth-order valence-electron chi connectivity index (χ4n) is 1.68. The van der Waals surface area contributed by atoms with Gasteiger partial charge in [-0.3, -0.25) is 4.98 Å². The average Bonchev–Trinajstić information content (AvgIpc) is 2.43. The second kappa shape index (κ2) is 5.36. The smallest absolute Gasteiger partial charge is 0.328 e. The van der Waals surface area contributed by atoms with E-state index in [-0.39, 0.29) is 11.3 Å². The first-order valence-corrected chi connectivity index (χ1v) is 6.01. The molecule has 0 aliphatic carbocycles. The Balaban J connectivity index is 2.52. The molecule has 0 spiro atoms. The van der Waals surface area contributed by atoms with Gasteiger partial charge in [-0.15, -0.1) is 0 Å². The van der Waals surface area contributed by atoms with Crippen LogP contribution in [0.5, 0.6) is 0 Å². The predicted molar refractivity (Wildman–Crippen MR) is 72.2 cm³/mol. The Bertz CT molecular complexity index is 620. The monoisotopic (exact) mass is 280 g/mol. The summed E-state index contributed by atoms with van der Waals surface area (Å²) in [6.07, 6.45) is 1.64. The van der Waals surface area contributed by atoms with E-state index in [0.29, 0.717) is 16.9 Å². The highest BCUT2D eigenvalue weighted by molar-refractivity contribution is 6.28. The number of carbonyl (C=O) groups excluding carboxylic acids is 1. The van der Waals surface area contributed by atoms with Crippen molar-refractivity contribution in [1.29, 1.82) is 0 Å². The van der Waals surface area contributed by atoms with Crippen LogP contribution in [0.4, 0.5) is 5.82 Å². The number of anilines is 1. The number of carbonyl (C=O) groups is 1. The molecule has 7 heteroatoms. The quantitative estimate of drug-likeness (QED) is 0.629. The molecule has 0 unspecified atom stereocenters. The Kier molecular flexibility index (Phi) is 3.80.